The second-order valence-electron chi connectivity index (χ2n) is 4.98. The van der Waals surface area contributed by atoms with Gasteiger partial charge in [-0.2, -0.15) is 0 Å². The summed E-state index contributed by atoms with van der Waals surface area (Å²) >= 11 is 0. The minimum absolute atomic E-state index is 0. The number of unbranched alkanes of at least 4 members (excludes halogenated alkanes) is 3. The van der Waals surface area contributed by atoms with Crippen LogP contribution in [0.4, 0.5) is 0 Å². The maximum Gasteiger partial charge on any atom is 0.178 e. The summed E-state index contributed by atoms with van der Waals surface area (Å²) in [5.74, 6) is 0.955. The van der Waals surface area contributed by atoms with Crippen LogP contribution < -0.4 is 5.43 Å². The predicted molar refractivity (Wildman–Crippen MR) is 120 cm³/mol. The maximum atomic E-state index is 9.44. The fourth-order valence-corrected chi connectivity index (χ4v) is 0.981. The lowest BCUT2D eigenvalue weighted by molar-refractivity contribution is -0.106. The van der Waals surface area contributed by atoms with Gasteiger partial charge in [0.1, 0.15) is 6.29 Å². The Morgan fingerprint density at radius 2 is 1.20 bits per heavy atom. The molecular weight excluding hydrogens is 308 g/mol. The summed E-state index contributed by atoms with van der Waals surface area (Å²) in [6.07, 6.45) is 10.4. The number of hydrogen-bond donors (Lipinski definition) is 0. The van der Waals surface area contributed by atoms with E-state index in [1.165, 1.54) is 64.0 Å². The number of carbonyl (C=O) groups is 1. The molecule has 0 amide bonds. The van der Waals surface area contributed by atoms with E-state index in [0.717, 1.165) is 12.2 Å². The molecule has 1 unspecified atom stereocenters. The van der Waals surface area contributed by atoms with Crippen LogP contribution in [0.5, 0.6) is 0 Å². The Morgan fingerprint density at radius 1 is 0.880 bits per heavy atom. The molecular formula is C23H52O2. The molecule has 1 aromatic carbocycles. The van der Waals surface area contributed by atoms with Crippen molar-refractivity contribution < 1.29 is 4.79 Å². The molecule has 0 bridgehead atoms. The first-order valence-electron chi connectivity index (χ1n) is 10.2. The van der Waals surface area contributed by atoms with Crippen LogP contribution in [0.2, 0.25) is 0 Å². The van der Waals surface area contributed by atoms with Crippen molar-refractivity contribution in [3.63, 3.8) is 0 Å². The normalized spacial score (nSPS) is 8.56. The van der Waals surface area contributed by atoms with E-state index in [2.05, 4.69) is 34.6 Å². The smallest absolute Gasteiger partial charge is 0.178 e. The number of aldehydes is 1. The summed E-state index contributed by atoms with van der Waals surface area (Å²) in [5.41, 5.74) is 0.167. The second-order valence-corrected chi connectivity index (χ2v) is 4.98. The Morgan fingerprint density at radius 3 is 1.36 bits per heavy atom. The SMILES string of the molecule is C.CC.CC.CC=O.CCCC.CCCCCC(C)CC.O=c1cc1. The van der Waals surface area contributed by atoms with Gasteiger partial charge >= 0.3 is 0 Å². The van der Waals surface area contributed by atoms with Gasteiger partial charge in [0.25, 0.3) is 0 Å². The molecule has 25 heavy (non-hydrogen) atoms. The van der Waals surface area contributed by atoms with Crippen molar-refractivity contribution in [3.05, 3.63) is 22.4 Å². The second kappa shape index (κ2) is 49.5. The van der Waals surface area contributed by atoms with Crippen LogP contribution in [0, 0.1) is 5.92 Å². The zero-order chi connectivity index (χ0) is 20.2. The van der Waals surface area contributed by atoms with Gasteiger partial charge in [0.2, 0.25) is 0 Å². The van der Waals surface area contributed by atoms with E-state index in [-0.39, 0.29) is 12.9 Å². The fraction of sp³-hybridized carbons (Fsp3) is 0.826. The van der Waals surface area contributed by atoms with E-state index < -0.39 is 0 Å². The van der Waals surface area contributed by atoms with Gasteiger partial charge in [0.15, 0.2) is 5.43 Å². The van der Waals surface area contributed by atoms with E-state index in [0.29, 0.717) is 0 Å². The fourth-order valence-electron chi connectivity index (χ4n) is 0.981. The predicted octanol–water partition coefficient (Wildman–Crippen LogP) is 8.24. The van der Waals surface area contributed by atoms with Crippen LogP contribution in [0.25, 0.3) is 0 Å². The Labute approximate surface area is 161 Å². The highest BCUT2D eigenvalue weighted by Gasteiger charge is 1.95. The first-order chi connectivity index (χ1) is 11.5. The summed E-state index contributed by atoms with van der Waals surface area (Å²) in [6.45, 7) is 20.7. The van der Waals surface area contributed by atoms with Crippen LogP contribution in [0.3, 0.4) is 0 Å². The lowest BCUT2D eigenvalue weighted by Gasteiger charge is -2.05. The van der Waals surface area contributed by atoms with Gasteiger partial charge in [-0.05, 0) is 25.0 Å². The molecule has 0 saturated carbocycles. The van der Waals surface area contributed by atoms with E-state index in [4.69, 9.17) is 4.79 Å². The molecule has 1 aromatic rings. The van der Waals surface area contributed by atoms with Crippen molar-refractivity contribution in [3.8, 4) is 0 Å². The average Bonchev–Trinajstić information content (AvgIpc) is 3.42. The molecule has 0 aliphatic carbocycles. The number of hydrogen-bond acceptors (Lipinski definition) is 2. The van der Waals surface area contributed by atoms with Crippen LogP contribution in [-0.2, 0) is 4.79 Å². The summed E-state index contributed by atoms with van der Waals surface area (Å²) in [7, 11) is 0. The third-order valence-corrected chi connectivity index (χ3v) is 2.80. The van der Waals surface area contributed by atoms with Crippen LogP contribution in [0.1, 0.15) is 122 Å². The molecule has 0 heterocycles. The molecule has 0 saturated heterocycles. The minimum Gasteiger partial charge on any atom is -0.304 e. The Bertz CT molecular complexity index is 247. The van der Waals surface area contributed by atoms with E-state index in [1.807, 2.05) is 27.7 Å². The maximum absolute atomic E-state index is 9.44. The van der Waals surface area contributed by atoms with Gasteiger partial charge < -0.3 is 4.79 Å². The number of carbonyl (C=O) groups excluding carboxylic acids is 1. The van der Waals surface area contributed by atoms with Crippen molar-refractivity contribution in [1.82, 2.24) is 0 Å². The van der Waals surface area contributed by atoms with Crippen LogP contribution >= 0.6 is 0 Å². The Balaban J connectivity index is -0.0000000480. The van der Waals surface area contributed by atoms with Crippen molar-refractivity contribution in [1.29, 1.82) is 0 Å². The van der Waals surface area contributed by atoms with Crippen molar-refractivity contribution >= 4 is 6.29 Å². The first-order valence-corrected chi connectivity index (χ1v) is 10.2. The van der Waals surface area contributed by atoms with E-state index in [1.54, 1.807) is 0 Å². The Hall–Kier alpha value is -0.920. The zero-order valence-corrected chi connectivity index (χ0v) is 18.6. The van der Waals surface area contributed by atoms with Crippen molar-refractivity contribution in [2.45, 2.75) is 122 Å². The van der Waals surface area contributed by atoms with E-state index >= 15 is 0 Å². The van der Waals surface area contributed by atoms with Crippen molar-refractivity contribution in [2.75, 3.05) is 0 Å². The third-order valence-electron chi connectivity index (χ3n) is 2.80. The van der Waals surface area contributed by atoms with Gasteiger partial charge in [0, 0.05) is 0 Å². The number of rotatable bonds is 6. The zero-order valence-electron chi connectivity index (χ0n) is 18.6. The van der Waals surface area contributed by atoms with Gasteiger partial charge in [0.05, 0.1) is 0 Å². The first kappa shape index (κ1) is 39.2. The monoisotopic (exact) mass is 360 g/mol. The molecule has 2 heteroatoms. The Kier molecular flexibility index (Phi) is 77.7. The van der Waals surface area contributed by atoms with Gasteiger partial charge in [-0.15, -0.1) is 0 Å². The summed E-state index contributed by atoms with van der Waals surface area (Å²) < 4.78 is 0. The molecule has 0 aromatic heterocycles. The molecule has 1 rings (SSSR count). The van der Waals surface area contributed by atoms with Crippen molar-refractivity contribution in [2.24, 2.45) is 5.92 Å². The standard InChI is InChI=1S/C9H20.C4H10.C3H2O.C2H4O.2C2H6.CH4/c1-4-6-7-8-9(3)5-2;1-3-4-2;4-3-1-2-3;1-2-3;2*1-2;/h9H,4-8H2,1-3H3;3-4H2,1-2H3;1-2H;2H,1H3;2*1-2H3;1H4. The summed E-state index contributed by atoms with van der Waals surface area (Å²) in [5, 5.41) is 0. The highest BCUT2D eigenvalue weighted by Crippen LogP contribution is 2.11. The summed E-state index contributed by atoms with van der Waals surface area (Å²) in [4.78, 5) is 18.2. The molecule has 1 atom stereocenters. The molecule has 156 valence electrons. The molecule has 0 fully saturated rings. The average molecular weight is 361 g/mol. The quantitative estimate of drug-likeness (QED) is 0.378. The molecule has 0 N–H and O–H groups in total. The topological polar surface area (TPSA) is 34.1 Å². The van der Waals surface area contributed by atoms with Gasteiger partial charge in [-0.1, -0.05) is 115 Å². The third kappa shape index (κ3) is 101. The van der Waals surface area contributed by atoms with Gasteiger partial charge in [-0.25, -0.2) is 0 Å². The lowest BCUT2D eigenvalue weighted by atomic mass is 10.0. The molecule has 0 radical (unpaired) electrons. The molecule has 0 aliphatic rings. The van der Waals surface area contributed by atoms with Crippen LogP contribution in [0.15, 0.2) is 16.9 Å². The minimum atomic E-state index is 0. The molecule has 2 nitrogen and oxygen atoms in total. The summed E-state index contributed by atoms with van der Waals surface area (Å²) in [6, 6.07) is 3.06. The van der Waals surface area contributed by atoms with E-state index in [9.17, 15) is 4.79 Å². The molecule has 0 spiro atoms. The highest BCUT2D eigenvalue weighted by molar-refractivity contribution is 5.44. The van der Waals surface area contributed by atoms with Crippen LogP contribution in [-0.4, -0.2) is 6.29 Å². The molecule has 0 aliphatic heterocycles. The largest absolute Gasteiger partial charge is 0.304 e. The van der Waals surface area contributed by atoms with Gasteiger partial charge in [-0.3, -0.25) is 4.79 Å². The highest BCUT2D eigenvalue weighted by atomic mass is 16.1. The lowest BCUT2D eigenvalue weighted by Crippen LogP contribution is -1.90.